The van der Waals surface area contributed by atoms with Gasteiger partial charge in [-0.1, -0.05) is 52.7 Å². The molecule has 6 heteroatoms. The normalized spacial score (nSPS) is 10.9. The van der Waals surface area contributed by atoms with Gasteiger partial charge in [-0.25, -0.2) is 4.98 Å². The Morgan fingerprint density at radius 1 is 1.23 bits per heavy atom. The van der Waals surface area contributed by atoms with Gasteiger partial charge in [0.2, 0.25) is 5.91 Å². The van der Waals surface area contributed by atoms with Crippen molar-refractivity contribution in [3.05, 3.63) is 58.1 Å². The van der Waals surface area contributed by atoms with E-state index in [0.29, 0.717) is 15.2 Å². The second-order valence-electron chi connectivity index (χ2n) is 4.83. The van der Waals surface area contributed by atoms with Crippen LogP contribution in [0.5, 0.6) is 0 Å². The topological polar surface area (TPSA) is 33.2 Å². The Bertz CT molecular complexity index is 814. The Balaban J connectivity index is 1.81. The molecule has 0 N–H and O–H groups in total. The number of carbonyl (C=O) groups is 1. The van der Waals surface area contributed by atoms with E-state index in [1.807, 2.05) is 24.3 Å². The second kappa shape index (κ2) is 6.24. The lowest BCUT2D eigenvalue weighted by Crippen LogP contribution is -2.27. The molecule has 112 valence electrons. The first-order chi connectivity index (χ1) is 10.5. The molecular formula is C16H12Cl2N2OS. The molecule has 0 aliphatic carbocycles. The molecule has 0 saturated heterocycles. The van der Waals surface area contributed by atoms with E-state index < -0.39 is 0 Å². The van der Waals surface area contributed by atoms with Crippen LogP contribution in [0, 0.1) is 0 Å². The van der Waals surface area contributed by atoms with E-state index in [9.17, 15) is 4.79 Å². The van der Waals surface area contributed by atoms with Crippen molar-refractivity contribution in [3.63, 3.8) is 0 Å². The van der Waals surface area contributed by atoms with Crippen molar-refractivity contribution in [3.8, 4) is 0 Å². The number of hydrogen-bond acceptors (Lipinski definition) is 3. The van der Waals surface area contributed by atoms with Crippen LogP contribution in [0.2, 0.25) is 10.0 Å². The molecule has 0 aliphatic heterocycles. The fourth-order valence-electron chi connectivity index (χ4n) is 2.06. The van der Waals surface area contributed by atoms with Crippen LogP contribution >= 0.6 is 34.5 Å². The molecule has 0 aliphatic rings. The third-order valence-electron chi connectivity index (χ3n) is 3.30. The number of thiazole rings is 1. The summed E-state index contributed by atoms with van der Waals surface area (Å²) >= 11 is 13.5. The molecule has 1 heterocycles. The van der Waals surface area contributed by atoms with E-state index in [2.05, 4.69) is 4.98 Å². The van der Waals surface area contributed by atoms with Gasteiger partial charge in [-0.05, 0) is 29.8 Å². The van der Waals surface area contributed by atoms with E-state index >= 15 is 0 Å². The minimum absolute atomic E-state index is 0.0664. The standard InChI is InChI=1S/C16H12Cl2N2OS/c1-20(16-19-13-4-2-3-5-14(13)22-16)15(21)8-10-6-7-11(17)9-12(10)18/h2-7,9H,8H2,1H3. The average molecular weight is 351 g/mol. The predicted octanol–water partition coefficient (Wildman–Crippen LogP) is 4.81. The summed E-state index contributed by atoms with van der Waals surface area (Å²) in [5.41, 5.74) is 1.65. The SMILES string of the molecule is CN(C(=O)Cc1ccc(Cl)cc1Cl)c1nc2ccccc2s1. The van der Waals surface area contributed by atoms with Crippen molar-refractivity contribution in [1.29, 1.82) is 0 Å². The largest absolute Gasteiger partial charge is 0.291 e. The van der Waals surface area contributed by atoms with Crippen molar-refractivity contribution in [1.82, 2.24) is 4.98 Å². The molecule has 0 atom stereocenters. The number of benzene rings is 2. The highest BCUT2D eigenvalue weighted by Gasteiger charge is 2.17. The van der Waals surface area contributed by atoms with E-state index in [1.54, 1.807) is 30.1 Å². The molecule has 0 spiro atoms. The second-order valence-corrected chi connectivity index (χ2v) is 6.68. The molecule has 3 nitrogen and oxygen atoms in total. The number of likely N-dealkylation sites (N-methyl/N-ethyl adjacent to an activating group) is 1. The number of para-hydroxylation sites is 1. The number of hydrogen-bond donors (Lipinski definition) is 0. The van der Waals surface area contributed by atoms with Crippen LogP contribution in [0.4, 0.5) is 5.13 Å². The number of fused-ring (bicyclic) bond motifs is 1. The quantitative estimate of drug-likeness (QED) is 0.679. The third-order valence-corrected chi connectivity index (χ3v) is 5.00. The first-order valence-electron chi connectivity index (χ1n) is 6.60. The van der Waals surface area contributed by atoms with Gasteiger partial charge in [0, 0.05) is 17.1 Å². The highest BCUT2D eigenvalue weighted by Crippen LogP contribution is 2.28. The highest BCUT2D eigenvalue weighted by atomic mass is 35.5. The summed E-state index contributed by atoms with van der Waals surface area (Å²) in [4.78, 5) is 18.5. The molecule has 3 rings (SSSR count). The van der Waals surface area contributed by atoms with Crippen LogP contribution in [-0.4, -0.2) is 17.9 Å². The molecule has 2 aromatic carbocycles. The molecule has 0 bridgehead atoms. The smallest absolute Gasteiger partial charge is 0.232 e. The van der Waals surface area contributed by atoms with Gasteiger partial charge in [-0.2, -0.15) is 0 Å². The summed E-state index contributed by atoms with van der Waals surface area (Å²) in [6.07, 6.45) is 0.211. The third kappa shape index (κ3) is 3.09. The summed E-state index contributed by atoms with van der Waals surface area (Å²) in [5, 5.41) is 1.73. The Kier molecular flexibility index (Phi) is 4.34. The van der Waals surface area contributed by atoms with Gasteiger partial charge in [0.05, 0.1) is 16.6 Å². The van der Waals surface area contributed by atoms with Crippen LogP contribution in [0.1, 0.15) is 5.56 Å². The van der Waals surface area contributed by atoms with Gasteiger partial charge in [0.15, 0.2) is 5.13 Å². The number of halogens is 2. The van der Waals surface area contributed by atoms with E-state index in [0.717, 1.165) is 15.8 Å². The van der Waals surface area contributed by atoms with Crippen LogP contribution < -0.4 is 4.90 Å². The van der Waals surface area contributed by atoms with Crippen LogP contribution in [-0.2, 0) is 11.2 Å². The van der Waals surface area contributed by atoms with Crippen molar-refractivity contribution < 1.29 is 4.79 Å². The summed E-state index contributed by atoms with van der Waals surface area (Å²) in [6.45, 7) is 0. The fraction of sp³-hybridized carbons (Fsp3) is 0.125. The van der Waals surface area contributed by atoms with Crippen LogP contribution in [0.15, 0.2) is 42.5 Å². The number of amides is 1. The minimum Gasteiger partial charge on any atom is -0.291 e. The molecule has 3 aromatic rings. The number of rotatable bonds is 3. The minimum atomic E-state index is -0.0664. The fourth-order valence-corrected chi connectivity index (χ4v) is 3.48. The number of anilines is 1. The summed E-state index contributed by atoms with van der Waals surface area (Å²) < 4.78 is 1.06. The average Bonchev–Trinajstić information content (AvgIpc) is 2.93. The first kappa shape index (κ1) is 15.3. The van der Waals surface area contributed by atoms with Gasteiger partial charge < -0.3 is 0 Å². The lowest BCUT2D eigenvalue weighted by Gasteiger charge is -2.14. The Labute approximate surface area is 142 Å². The molecule has 0 radical (unpaired) electrons. The van der Waals surface area contributed by atoms with Crippen molar-refractivity contribution in [2.24, 2.45) is 0 Å². The van der Waals surface area contributed by atoms with Gasteiger partial charge in [-0.3, -0.25) is 9.69 Å². The summed E-state index contributed by atoms with van der Waals surface area (Å²) in [7, 11) is 1.73. The number of carbonyl (C=O) groups excluding carboxylic acids is 1. The van der Waals surface area contributed by atoms with Crippen molar-refractivity contribution in [2.45, 2.75) is 6.42 Å². The van der Waals surface area contributed by atoms with Gasteiger partial charge in [0.25, 0.3) is 0 Å². The van der Waals surface area contributed by atoms with Crippen LogP contribution in [0.25, 0.3) is 10.2 Å². The molecule has 0 fully saturated rings. The van der Waals surface area contributed by atoms with Gasteiger partial charge in [0.1, 0.15) is 0 Å². The zero-order valence-electron chi connectivity index (χ0n) is 11.7. The van der Waals surface area contributed by atoms with E-state index in [1.165, 1.54) is 11.3 Å². The molecule has 0 saturated carbocycles. The Hall–Kier alpha value is -1.62. The number of nitrogens with zero attached hydrogens (tertiary/aromatic N) is 2. The van der Waals surface area contributed by atoms with E-state index in [-0.39, 0.29) is 12.3 Å². The molecule has 1 aromatic heterocycles. The number of aromatic nitrogens is 1. The van der Waals surface area contributed by atoms with Gasteiger partial charge >= 0.3 is 0 Å². The zero-order chi connectivity index (χ0) is 15.7. The van der Waals surface area contributed by atoms with Crippen molar-refractivity contribution >= 4 is 55.8 Å². The van der Waals surface area contributed by atoms with Crippen LogP contribution in [0.3, 0.4) is 0 Å². The maximum atomic E-state index is 12.4. The summed E-state index contributed by atoms with van der Waals surface area (Å²) in [6, 6.07) is 13.0. The Morgan fingerprint density at radius 2 is 2.00 bits per heavy atom. The van der Waals surface area contributed by atoms with Crippen molar-refractivity contribution in [2.75, 3.05) is 11.9 Å². The molecular weight excluding hydrogens is 339 g/mol. The van der Waals surface area contributed by atoms with Gasteiger partial charge in [-0.15, -0.1) is 0 Å². The zero-order valence-corrected chi connectivity index (χ0v) is 14.0. The first-order valence-corrected chi connectivity index (χ1v) is 8.18. The molecule has 1 amide bonds. The maximum Gasteiger partial charge on any atom is 0.232 e. The maximum absolute atomic E-state index is 12.4. The lowest BCUT2D eigenvalue weighted by molar-refractivity contribution is -0.117. The summed E-state index contributed by atoms with van der Waals surface area (Å²) in [5.74, 6) is -0.0664. The lowest BCUT2D eigenvalue weighted by atomic mass is 10.1. The predicted molar refractivity (Wildman–Crippen MR) is 93.2 cm³/mol. The monoisotopic (exact) mass is 350 g/mol. The molecule has 22 heavy (non-hydrogen) atoms. The molecule has 0 unspecified atom stereocenters. The highest BCUT2D eigenvalue weighted by molar-refractivity contribution is 7.22. The Morgan fingerprint density at radius 3 is 2.73 bits per heavy atom. The van der Waals surface area contributed by atoms with E-state index in [4.69, 9.17) is 23.2 Å².